The van der Waals surface area contributed by atoms with E-state index >= 15 is 0 Å². The number of aromatic hydroxyl groups is 1. The van der Waals surface area contributed by atoms with Crippen molar-refractivity contribution in [2.75, 3.05) is 0 Å². The molecule has 1 N–H and O–H groups in total. The van der Waals surface area contributed by atoms with Gasteiger partial charge in [0.05, 0.1) is 0 Å². The van der Waals surface area contributed by atoms with Crippen LogP contribution in [0.15, 0.2) is 91.0 Å². The molecule has 0 unspecified atom stereocenters. The summed E-state index contributed by atoms with van der Waals surface area (Å²) in [5.41, 5.74) is 0. The maximum Gasteiger partial charge on any atom is 0.116 e. The Morgan fingerprint density at radius 3 is 1.26 bits per heavy atom. The monoisotopic (exact) mass is 304 g/mol. The summed E-state index contributed by atoms with van der Waals surface area (Å²) in [6.07, 6.45) is 0. The van der Waals surface area contributed by atoms with E-state index in [1.54, 1.807) is 12.1 Å². The number of hydrogen-bond acceptors (Lipinski definition) is 3. The van der Waals surface area contributed by atoms with Crippen LogP contribution in [0.1, 0.15) is 0 Å². The highest BCUT2D eigenvalue weighted by Gasteiger charge is 1.91. The maximum atomic E-state index is 9.13. The first-order chi connectivity index (χ1) is 11.3. The second kappa shape index (κ2) is 8.29. The number of hydrogen-bond donors (Lipinski definition) is 1. The van der Waals surface area contributed by atoms with E-state index in [-0.39, 0.29) is 0 Å². The van der Waals surface area contributed by atoms with E-state index in [1.807, 2.05) is 30.3 Å². The van der Waals surface area contributed by atoms with Gasteiger partial charge in [0, 0.05) is 9.93 Å². The number of fused-ring (bicyclic) bond motifs is 2. The molecular formula is C20H16O3. The van der Waals surface area contributed by atoms with E-state index in [0.717, 1.165) is 10.8 Å². The van der Waals surface area contributed by atoms with Crippen LogP contribution in [0.25, 0.3) is 21.5 Å². The second-order valence-electron chi connectivity index (χ2n) is 4.88. The molecule has 4 rings (SSSR count). The lowest BCUT2D eigenvalue weighted by molar-refractivity contribution is 0.476. The molecule has 114 valence electrons. The normalized spacial score (nSPS) is 9.39. The predicted octanol–water partition coefficient (Wildman–Crippen LogP) is 5.45. The molecule has 0 amide bonds. The summed E-state index contributed by atoms with van der Waals surface area (Å²) >= 11 is 0. The van der Waals surface area contributed by atoms with Crippen molar-refractivity contribution >= 4 is 21.5 Å². The first kappa shape index (κ1) is 16.2. The third-order valence-electron chi connectivity index (χ3n) is 3.39. The molecule has 0 aliphatic rings. The van der Waals surface area contributed by atoms with Gasteiger partial charge in [-0.05, 0) is 33.7 Å². The minimum atomic E-state index is 0.323. The molecule has 0 aliphatic carbocycles. The fourth-order valence-corrected chi connectivity index (χ4v) is 2.31. The lowest BCUT2D eigenvalue weighted by atomic mass is 10.1. The van der Waals surface area contributed by atoms with Crippen molar-refractivity contribution < 1.29 is 5.11 Å². The Labute approximate surface area is 134 Å². The Balaban J connectivity index is 0.000000152. The zero-order valence-electron chi connectivity index (χ0n) is 12.4. The van der Waals surface area contributed by atoms with E-state index in [1.165, 1.54) is 10.8 Å². The zero-order valence-corrected chi connectivity index (χ0v) is 12.4. The van der Waals surface area contributed by atoms with Gasteiger partial charge in [0.25, 0.3) is 0 Å². The third kappa shape index (κ3) is 4.38. The quantitative estimate of drug-likeness (QED) is 0.470. The van der Waals surface area contributed by atoms with Gasteiger partial charge < -0.3 is 5.11 Å². The van der Waals surface area contributed by atoms with Crippen LogP contribution in [0, 0.1) is 9.93 Å². The Kier molecular flexibility index (Phi) is 5.83. The van der Waals surface area contributed by atoms with Crippen molar-refractivity contribution in [3.8, 4) is 5.75 Å². The smallest absolute Gasteiger partial charge is 0.116 e. The van der Waals surface area contributed by atoms with Gasteiger partial charge in [0.15, 0.2) is 0 Å². The van der Waals surface area contributed by atoms with Crippen LogP contribution >= 0.6 is 0 Å². The van der Waals surface area contributed by atoms with Gasteiger partial charge in [-0.25, -0.2) is 0 Å². The molecule has 23 heavy (non-hydrogen) atoms. The summed E-state index contributed by atoms with van der Waals surface area (Å²) in [5.74, 6) is 0.323. The molecule has 0 saturated heterocycles. The van der Waals surface area contributed by atoms with Crippen molar-refractivity contribution in [3.05, 3.63) is 101 Å². The fraction of sp³-hybridized carbons (Fsp3) is 0. The van der Waals surface area contributed by atoms with Crippen LogP contribution in [0.4, 0.5) is 0 Å². The van der Waals surface area contributed by atoms with Crippen LogP contribution < -0.4 is 0 Å². The Morgan fingerprint density at radius 1 is 0.478 bits per heavy atom. The summed E-state index contributed by atoms with van der Waals surface area (Å²) in [4.78, 5) is 14.0. The van der Waals surface area contributed by atoms with Gasteiger partial charge in [-0.15, -0.1) is 0 Å². The fourth-order valence-electron chi connectivity index (χ4n) is 2.31. The number of benzene rings is 4. The lowest BCUT2D eigenvalue weighted by Gasteiger charge is -1.96. The highest BCUT2D eigenvalue weighted by molar-refractivity contribution is 5.83. The van der Waals surface area contributed by atoms with Gasteiger partial charge in [0.1, 0.15) is 5.75 Å². The van der Waals surface area contributed by atoms with Gasteiger partial charge in [0.2, 0.25) is 0 Å². The number of phenols is 1. The molecule has 3 heteroatoms. The molecule has 0 fully saturated rings. The van der Waals surface area contributed by atoms with Crippen molar-refractivity contribution in [1.82, 2.24) is 0 Å². The minimum Gasteiger partial charge on any atom is -0.508 e. The van der Waals surface area contributed by atoms with E-state index in [4.69, 9.17) is 15.0 Å². The van der Waals surface area contributed by atoms with E-state index in [0.29, 0.717) is 5.75 Å². The summed E-state index contributed by atoms with van der Waals surface area (Å²) < 4.78 is 0. The molecule has 3 nitrogen and oxygen atoms in total. The Morgan fingerprint density at radius 2 is 0.826 bits per heavy atom. The molecule has 0 atom stereocenters. The van der Waals surface area contributed by atoms with E-state index in [2.05, 4.69) is 48.5 Å². The molecule has 0 heterocycles. The first-order valence-corrected chi connectivity index (χ1v) is 7.11. The summed E-state index contributed by atoms with van der Waals surface area (Å²) in [6.45, 7) is 0. The highest BCUT2D eigenvalue weighted by atomic mass is 16.7. The largest absolute Gasteiger partial charge is 0.508 e. The van der Waals surface area contributed by atoms with Crippen LogP contribution in [0.5, 0.6) is 5.75 Å². The second-order valence-corrected chi connectivity index (χ2v) is 4.88. The summed E-state index contributed by atoms with van der Waals surface area (Å²) in [7, 11) is 0. The molecule has 0 aliphatic heterocycles. The zero-order chi connectivity index (χ0) is 16.5. The molecule has 4 aromatic rings. The first-order valence-electron chi connectivity index (χ1n) is 7.11. The Bertz CT molecular complexity index is 822. The Hall–Kier alpha value is -3.20. The predicted molar refractivity (Wildman–Crippen MR) is 96.3 cm³/mol. The third-order valence-corrected chi connectivity index (χ3v) is 3.39. The van der Waals surface area contributed by atoms with Gasteiger partial charge in [-0.1, -0.05) is 78.9 Å². The average Bonchev–Trinajstić information content (AvgIpc) is 2.64. The molecule has 0 spiro atoms. The molecule has 4 aromatic carbocycles. The summed E-state index contributed by atoms with van der Waals surface area (Å²) in [5, 5.41) is 14.0. The number of rotatable bonds is 0. The minimum absolute atomic E-state index is 0.323. The maximum absolute atomic E-state index is 9.13. The van der Waals surface area contributed by atoms with Gasteiger partial charge in [-0.3, -0.25) is 0 Å². The van der Waals surface area contributed by atoms with E-state index in [9.17, 15) is 0 Å². The molecule has 0 aromatic heterocycles. The number of phenolic OH excluding ortho intramolecular Hbond substituents is 1. The SMILES string of the molecule is O=O.Oc1ccc2ccccc2c1.c1ccc2ccccc2c1. The van der Waals surface area contributed by atoms with Crippen molar-refractivity contribution in [2.24, 2.45) is 0 Å². The van der Waals surface area contributed by atoms with E-state index < -0.39 is 0 Å². The van der Waals surface area contributed by atoms with Gasteiger partial charge in [-0.2, -0.15) is 0 Å². The van der Waals surface area contributed by atoms with Crippen molar-refractivity contribution in [1.29, 1.82) is 0 Å². The van der Waals surface area contributed by atoms with Crippen LogP contribution in [-0.4, -0.2) is 5.11 Å². The van der Waals surface area contributed by atoms with Crippen molar-refractivity contribution in [3.63, 3.8) is 0 Å². The summed E-state index contributed by atoms with van der Waals surface area (Å²) in [6, 6.07) is 30.0. The lowest BCUT2D eigenvalue weighted by Crippen LogP contribution is -1.69. The topological polar surface area (TPSA) is 54.4 Å². The highest BCUT2D eigenvalue weighted by Crippen LogP contribution is 2.18. The van der Waals surface area contributed by atoms with Crippen LogP contribution in [0.2, 0.25) is 0 Å². The molecular weight excluding hydrogens is 288 g/mol. The molecule has 0 saturated carbocycles. The van der Waals surface area contributed by atoms with Crippen LogP contribution in [-0.2, 0) is 0 Å². The van der Waals surface area contributed by atoms with Crippen molar-refractivity contribution in [2.45, 2.75) is 0 Å². The standard InChI is InChI=1S/C10H8O.C10H8.O2/c11-10-6-5-8-3-1-2-4-9(8)7-10;1-2-6-10-8-4-3-7-9(10)5-1;1-2/h1-7,11H;1-8H;. The van der Waals surface area contributed by atoms with Gasteiger partial charge >= 0.3 is 0 Å². The average molecular weight is 304 g/mol. The molecule has 0 radical (unpaired) electrons. The molecule has 0 bridgehead atoms. The van der Waals surface area contributed by atoms with Crippen LogP contribution in [0.3, 0.4) is 0 Å².